The van der Waals surface area contributed by atoms with E-state index in [1.54, 1.807) is 0 Å². The number of allylic oxidation sites excluding steroid dienone is 22. The molecule has 6 atom stereocenters. The Morgan fingerprint density at radius 2 is 0.800 bits per heavy atom. The number of hydrogen-bond acceptors (Lipinski definition) is 11. The first-order valence-electron chi connectivity index (χ1n) is 26.0. The van der Waals surface area contributed by atoms with Crippen LogP contribution in [0.2, 0.25) is 0 Å². The minimum Gasteiger partial charge on any atom is -0.457 e. The number of aliphatic hydroxyl groups is 5. The smallest absolute Gasteiger partial charge is 0.457 e. The van der Waals surface area contributed by atoms with Gasteiger partial charge in [-0.2, -0.15) is 0 Å². The second-order valence-electron chi connectivity index (χ2n) is 17.3. The average Bonchev–Trinajstić information content (AvgIpc) is 3.35. The van der Waals surface area contributed by atoms with Crippen molar-refractivity contribution in [1.29, 1.82) is 0 Å². The standard InChI is InChI=1S/C57H91O12P/c1-3-5-7-9-11-13-15-17-19-21-23-24-25-26-27-29-31-33-35-37-39-41-43-45-47-66-48-50(49-67-70(64,65)69-57-55(62)53(60)52(59)54(61)56(57)63)68-51(58)46-44-42-40-38-36-34-32-30-28-22-20-18-16-14-12-10-8-6-4-2/h5-8,11-14,17-20,23-24,26-28,30-31,33-34,36,50,52-57,59-63H,3-4,9-10,15-16,21-22,25,29,32,35,37-49H2,1-2H3,(H,64,65)/b7-5-,8-6-,13-11-,14-12-,19-17-,20-18-,24-23-,27-26-,30-28-,33-31-,36-34-. The first-order chi connectivity index (χ1) is 34.0. The van der Waals surface area contributed by atoms with Crippen LogP contribution in [0.5, 0.6) is 0 Å². The molecular formula is C57H91O12P. The molecule has 1 saturated carbocycles. The molecule has 1 fully saturated rings. The van der Waals surface area contributed by atoms with Crippen LogP contribution in [0.25, 0.3) is 0 Å². The summed E-state index contributed by atoms with van der Waals surface area (Å²) in [5.74, 6) is -0.522. The topological polar surface area (TPSA) is 192 Å². The molecule has 12 nitrogen and oxygen atoms in total. The highest BCUT2D eigenvalue weighted by atomic mass is 31.2. The van der Waals surface area contributed by atoms with Crippen LogP contribution in [0.3, 0.4) is 0 Å². The van der Waals surface area contributed by atoms with Crippen LogP contribution in [0.4, 0.5) is 0 Å². The van der Waals surface area contributed by atoms with E-state index in [2.05, 4.69) is 148 Å². The Bertz CT molecular complexity index is 1660. The van der Waals surface area contributed by atoms with Gasteiger partial charge in [0, 0.05) is 13.0 Å². The van der Waals surface area contributed by atoms with Gasteiger partial charge in [-0.3, -0.25) is 13.8 Å². The van der Waals surface area contributed by atoms with E-state index in [1.165, 1.54) is 0 Å². The minimum atomic E-state index is -5.05. The number of phosphoric ester groups is 1. The molecule has 0 aromatic heterocycles. The van der Waals surface area contributed by atoms with Crippen LogP contribution < -0.4 is 0 Å². The number of aliphatic hydroxyl groups excluding tert-OH is 5. The summed E-state index contributed by atoms with van der Waals surface area (Å²) in [6.07, 6.45) is 55.1. The van der Waals surface area contributed by atoms with Gasteiger partial charge in [0.05, 0.1) is 13.2 Å². The maximum absolute atomic E-state index is 12.9. The van der Waals surface area contributed by atoms with Crippen molar-refractivity contribution < 1.29 is 58.3 Å². The lowest BCUT2D eigenvalue weighted by atomic mass is 9.85. The summed E-state index contributed by atoms with van der Waals surface area (Å²) in [5, 5.41) is 50.3. The molecule has 0 saturated heterocycles. The Balaban J connectivity index is 2.40. The maximum Gasteiger partial charge on any atom is 0.472 e. The van der Waals surface area contributed by atoms with Crippen LogP contribution in [0, 0.1) is 0 Å². The zero-order valence-corrected chi connectivity index (χ0v) is 43.4. The minimum absolute atomic E-state index is 0.114. The molecule has 6 N–H and O–H groups in total. The summed E-state index contributed by atoms with van der Waals surface area (Å²) in [4.78, 5) is 23.3. The van der Waals surface area contributed by atoms with E-state index in [0.29, 0.717) is 13.0 Å². The summed E-state index contributed by atoms with van der Waals surface area (Å²) in [6.45, 7) is 3.93. The summed E-state index contributed by atoms with van der Waals surface area (Å²) in [7, 11) is -5.05. The number of phosphoric acid groups is 1. The molecule has 0 radical (unpaired) electrons. The van der Waals surface area contributed by atoms with E-state index < -0.39 is 63.1 Å². The molecule has 70 heavy (non-hydrogen) atoms. The van der Waals surface area contributed by atoms with Gasteiger partial charge in [0.25, 0.3) is 0 Å². The second kappa shape index (κ2) is 45.4. The van der Waals surface area contributed by atoms with Crippen molar-refractivity contribution in [1.82, 2.24) is 0 Å². The van der Waals surface area contributed by atoms with E-state index in [4.69, 9.17) is 18.5 Å². The Labute approximate surface area is 422 Å². The third-order valence-corrected chi connectivity index (χ3v) is 12.0. The fraction of sp³-hybridized carbons (Fsp3) is 0.596. The average molecular weight is 999 g/mol. The van der Waals surface area contributed by atoms with Gasteiger partial charge in [-0.15, -0.1) is 0 Å². The van der Waals surface area contributed by atoms with E-state index in [-0.39, 0.29) is 13.0 Å². The molecular weight excluding hydrogens is 908 g/mol. The predicted octanol–water partition coefficient (Wildman–Crippen LogP) is 12.0. The molecule has 1 rings (SSSR count). The maximum atomic E-state index is 12.9. The number of rotatable bonds is 42. The molecule has 13 heteroatoms. The van der Waals surface area contributed by atoms with E-state index in [9.17, 15) is 39.8 Å². The normalized spacial score (nSPS) is 22.0. The fourth-order valence-corrected chi connectivity index (χ4v) is 7.94. The van der Waals surface area contributed by atoms with Gasteiger partial charge in [-0.25, -0.2) is 4.57 Å². The molecule has 396 valence electrons. The SMILES string of the molecule is CC/C=C\C/C=C\C/C=C\C/C=C\C/C=C\C/C=C\CCCCCCCOCC(COP(=O)(O)OC1C(O)C(O)C(O)C(O)C1O)OC(=O)CCCCC/C=C\C/C=C\C/C=C\C/C=C\C/C=C\CC. The van der Waals surface area contributed by atoms with E-state index >= 15 is 0 Å². The zero-order valence-electron chi connectivity index (χ0n) is 42.5. The first kappa shape index (κ1) is 64.5. The third-order valence-electron chi connectivity index (χ3n) is 11.0. The van der Waals surface area contributed by atoms with E-state index in [1.807, 2.05) is 0 Å². The first-order valence-corrected chi connectivity index (χ1v) is 27.5. The number of unbranched alkanes of at least 4 members (excludes halogenated alkanes) is 8. The Morgan fingerprint density at radius 3 is 1.21 bits per heavy atom. The van der Waals surface area contributed by atoms with Crippen molar-refractivity contribution in [2.75, 3.05) is 19.8 Å². The Hall–Kier alpha value is -3.52. The molecule has 0 aliphatic heterocycles. The second-order valence-corrected chi connectivity index (χ2v) is 18.7. The van der Waals surface area contributed by atoms with Crippen LogP contribution in [-0.2, 0) is 27.9 Å². The molecule has 0 aromatic carbocycles. The lowest BCUT2D eigenvalue weighted by molar-refractivity contribution is -0.220. The number of ether oxygens (including phenoxy) is 2. The molecule has 0 amide bonds. The lowest BCUT2D eigenvalue weighted by Gasteiger charge is -2.41. The van der Waals surface area contributed by atoms with Gasteiger partial charge < -0.3 is 39.9 Å². The third kappa shape index (κ3) is 36.4. The van der Waals surface area contributed by atoms with Gasteiger partial charge in [0.2, 0.25) is 0 Å². The van der Waals surface area contributed by atoms with Crippen molar-refractivity contribution in [2.24, 2.45) is 0 Å². The highest BCUT2D eigenvalue weighted by molar-refractivity contribution is 7.47. The van der Waals surface area contributed by atoms with Gasteiger partial charge in [-0.1, -0.05) is 173 Å². The van der Waals surface area contributed by atoms with Crippen LogP contribution in [0.1, 0.15) is 155 Å². The summed E-state index contributed by atoms with van der Waals surface area (Å²) < 4.78 is 34.3. The van der Waals surface area contributed by atoms with Crippen LogP contribution in [0.15, 0.2) is 134 Å². The predicted molar refractivity (Wildman–Crippen MR) is 285 cm³/mol. The van der Waals surface area contributed by atoms with E-state index in [0.717, 1.165) is 128 Å². The Kier molecular flexibility index (Phi) is 41.8. The zero-order chi connectivity index (χ0) is 51.2. The van der Waals surface area contributed by atoms with Crippen molar-refractivity contribution in [3.8, 4) is 0 Å². The Morgan fingerprint density at radius 1 is 0.457 bits per heavy atom. The molecule has 0 bridgehead atoms. The van der Waals surface area contributed by atoms with Crippen molar-refractivity contribution in [2.45, 2.75) is 198 Å². The lowest BCUT2D eigenvalue weighted by Crippen LogP contribution is -2.64. The molecule has 0 spiro atoms. The number of carbonyl (C=O) groups excluding carboxylic acids is 1. The molecule has 0 aromatic rings. The van der Waals surface area contributed by atoms with Crippen molar-refractivity contribution >= 4 is 13.8 Å². The quantitative estimate of drug-likeness (QED) is 0.0147. The summed E-state index contributed by atoms with van der Waals surface area (Å²) >= 11 is 0. The van der Waals surface area contributed by atoms with Crippen LogP contribution in [-0.4, -0.2) is 98.9 Å². The number of hydrogen-bond donors (Lipinski definition) is 6. The monoisotopic (exact) mass is 999 g/mol. The highest BCUT2D eigenvalue weighted by Gasteiger charge is 2.51. The number of carbonyl (C=O) groups is 1. The van der Waals surface area contributed by atoms with Crippen LogP contribution >= 0.6 is 7.82 Å². The van der Waals surface area contributed by atoms with Crippen molar-refractivity contribution in [3.63, 3.8) is 0 Å². The summed E-state index contributed by atoms with van der Waals surface area (Å²) in [6, 6.07) is 0. The van der Waals surface area contributed by atoms with Gasteiger partial charge in [-0.05, 0) is 109 Å². The largest absolute Gasteiger partial charge is 0.472 e. The molecule has 0 heterocycles. The number of esters is 1. The molecule has 1 aliphatic rings. The summed E-state index contributed by atoms with van der Waals surface area (Å²) in [5.41, 5.74) is 0. The van der Waals surface area contributed by atoms with Gasteiger partial charge >= 0.3 is 13.8 Å². The molecule has 6 unspecified atom stereocenters. The van der Waals surface area contributed by atoms with Crippen molar-refractivity contribution in [3.05, 3.63) is 134 Å². The van der Waals surface area contributed by atoms with Gasteiger partial charge in [0.1, 0.15) is 42.7 Å². The fourth-order valence-electron chi connectivity index (χ4n) is 6.97. The highest BCUT2D eigenvalue weighted by Crippen LogP contribution is 2.47. The molecule has 1 aliphatic carbocycles. The van der Waals surface area contributed by atoms with Gasteiger partial charge in [0.15, 0.2) is 0 Å².